The number of hydrogen-bond acceptors (Lipinski definition) is 6. The molecular formula is C22H22N4O4S. The number of hydrogen-bond donors (Lipinski definition) is 3. The monoisotopic (exact) mass is 438 g/mol. The number of benzene rings is 2. The van der Waals surface area contributed by atoms with Crippen molar-refractivity contribution >= 4 is 27.3 Å². The highest BCUT2D eigenvalue weighted by molar-refractivity contribution is 7.92. The van der Waals surface area contributed by atoms with Crippen LogP contribution in [0.3, 0.4) is 0 Å². The molecule has 3 aromatic rings. The first kappa shape index (κ1) is 21.8. The van der Waals surface area contributed by atoms with Crippen molar-refractivity contribution < 1.29 is 17.9 Å². The number of nitrogens with one attached hydrogen (secondary N) is 3. The Kier molecular flexibility index (Phi) is 6.88. The Hall–Kier alpha value is -3.85. The Morgan fingerprint density at radius 2 is 1.71 bits per heavy atom. The molecule has 3 rings (SSSR count). The molecule has 1 heterocycles. The summed E-state index contributed by atoms with van der Waals surface area (Å²) in [5.74, 6) is 0.197. The van der Waals surface area contributed by atoms with Crippen LogP contribution < -0.4 is 20.3 Å². The van der Waals surface area contributed by atoms with Gasteiger partial charge in [0.15, 0.2) is 0 Å². The minimum Gasteiger partial charge on any atom is -0.494 e. The summed E-state index contributed by atoms with van der Waals surface area (Å²) in [7, 11) is -3.77. The van der Waals surface area contributed by atoms with Gasteiger partial charge < -0.3 is 4.74 Å². The molecule has 2 aromatic carbocycles. The maximum atomic E-state index is 12.5. The molecule has 0 unspecified atom stereocenters. The molecular weight excluding hydrogens is 416 g/mol. The van der Waals surface area contributed by atoms with Crippen LogP contribution in [-0.2, 0) is 10.0 Å². The average molecular weight is 439 g/mol. The number of aromatic nitrogens is 1. The third kappa shape index (κ3) is 5.83. The Balaban J connectivity index is 1.60. The second kappa shape index (κ2) is 9.77. The largest absolute Gasteiger partial charge is 0.494 e. The number of ether oxygens (including phenoxy) is 1. The van der Waals surface area contributed by atoms with Gasteiger partial charge in [0.1, 0.15) is 5.75 Å². The Morgan fingerprint density at radius 1 is 1.00 bits per heavy atom. The van der Waals surface area contributed by atoms with E-state index in [2.05, 4.69) is 27.1 Å². The number of sulfonamides is 1. The average Bonchev–Trinajstić information content (AvgIpc) is 2.78. The molecule has 31 heavy (non-hydrogen) atoms. The summed E-state index contributed by atoms with van der Waals surface area (Å²) >= 11 is 0. The molecule has 0 radical (unpaired) electrons. The summed E-state index contributed by atoms with van der Waals surface area (Å²) in [5, 5.41) is 0. The zero-order chi connectivity index (χ0) is 22.3. The van der Waals surface area contributed by atoms with E-state index in [4.69, 9.17) is 4.74 Å². The van der Waals surface area contributed by atoms with Gasteiger partial charge in [0.2, 0.25) is 0 Å². The number of rotatable bonds is 9. The van der Waals surface area contributed by atoms with Gasteiger partial charge in [0.05, 0.1) is 17.2 Å². The van der Waals surface area contributed by atoms with Gasteiger partial charge >= 0.3 is 0 Å². The summed E-state index contributed by atoms with van der Waals surface area (Å²) in [4.78, 5) is 16.4. The molecule has 8 nitrogen and oxygen atoms in total. The van der Waals surface area contributed by atoms with Crippen LogP contribution in [0.1, 0.15) is 22.8 Å². The van der Waals surface area contributed by atoms with Crippen molar-refractivity contribution in [3.8, 4) is 5.75 Å². The van der Waals surface area contributed by atoms with Crippen LogP contribution in [0, 0.1) is 0 Å². The van der Waals surface area contributed by atoms with Gasteiger partial charge in [0.25, 0.3) is 15.9 Å². The van der Waals surface area contributed by atoms with Crippen molar-refractivity contribution in [3.63, 3.8) is 0 Å². The summed E-state index contributed by atoms with van der Waals surface area (Å²) in [6.45, 7) is 6.19. The number of nitrogens with zero attached hydrogens (tertiary/aromatic N) is 1. The van der Waals surface area contributed by atoms with E-state index in [0.717, 1.165) is 5.56 Å². The highest BCUT2D eigenvalue weighted by Crippen LogP contribution is 2.19. The fourth-order valence-corrected chi connectivity index (χ4v) is 3.66. The number of carbonyl (C=O) groups is 1. The molecule has 0 fully saturated rings. The minimum absolute atomic E-state index is 0.107. The summed E-state index contributed by atoms with van der Waals surface area (Å²) in [5.41, 5.74) is 7.17. The van der Waals surface area contributed by atoms with E-state index in [9.17, 15) is 13.2 Å². The zero-order valence-electron chi connectivity index (χ0n) is 16.8. The smallest absolute Gasteiger partial charge is 0.269 e. The Bertz CT molecular complexity index is 1150. The van der Waals surface area contributed by atoms with Crippen LogP contribution in [0.2, 0.25) is 0 Å². The van der Waals surface area contributed by atoms with E-state index < -0.39 is 15.9 Å². The molecule has 0 aliphatic carbocycles. The highest BCUT2D eigenvalue weighted by Gasteiger charge is 2.15. The second-order valence-corrected chi connectivity index (χ2v) is 8.07. The molecule has 0 aliphatic rings. The lowest BCUT2D eigenvalue weighted by atomic mass is 10.2. The molecule has 3 N–H and O–H groups in total. The molecule has 0 saturated heterocycles. The Labute approximate surface area is 181 Å². The van der Waals surface area contributed by atoms with E-state index in [-0.39, 0.29) is 4.90 Å². The maximum absolute atomic E-state index is 12.5. The SMILES string of the molecule is C=C(NNC(=O)c1ccc(NS(=O)(=O)c2ccc(OCC)cc2)cc1)c1cccnc1. The molecule has 0 spiro atoms. The van der Waals surface area contributed by atoms with Crippen molar-refractivity contribution in [3.05, 3.63) is 90.8 Å². The first-order valence-corrected chi connectivity index (χ1v) is 10.9. The van der Waals surface area contributed by atoms with Crippen LogP contribution in [0.5, 0.6) is 5.75 Å². The first-order valence-electron chi connectivity index (χ1n) is 9.40. The number of amides is 1. The predicted molar refractivity (Wildman–Crippen MR) is 119 cm³/mol. The van der Waals surface area contributed by atoms with Gasteiger partial charge in [-0.3, -0.25) is 25.4 Å². The van der Waals surface area contributed by atoms with E-state index in [1.165, 1.54) is 36.4 Å². The summed E-state index contributed by atoms with van der Waals surface area (Å²) in [6.07, 6.45) is 3.26. The zero-order valence-corrected chi connectivity index (χ0v) is 17.6. The van der Waals surface area contributed by atoms with Crippen LogP contribution in [0.15, 0.2) is 84.5 Å². The highest BCUT2D eigenvalue weighted by atomic mass is 32.2. The number of anilines is 1. The van der Waals surface area contributed by atoms with Crippen molar-refractivity contribution in [2.24, 2.45) is 0 Å². The molecule has 160 valence electrons. The van der Waals surface area contributed by atoms with E-state index >= 15 is 0 Å². The third-order valence-electron chi connectivity index (χ3n) is 4.18. The lowest BCUT2D eigenvalue weighted by Gasteiger charge is -2.12. The summed E-state index contributed by atoms with van der Waals surface area (Å²) in [6, 6.07) is 15.7. The molecule has 0 aliphatic heterocycles. The van der Waals surface area contributed by atoms with Gasteiger partial charge in [-0.15, -0.1) is 0 Å². The maximum Gasteiger partial charge on any atom is 0.269 e. The van der Waals surface area contributed by atoms with Gasteiger partial charge in [-0.05, 0) is 67.6 Å². The number of carbonyl (C=O) groups excluding carboxylic acids is 1. The third-order valence-corrected chi connectivity index (χ3v) is 5.58. The molecule has 9 heteroatoms. The predicted octanol–water partition coefficient (Wildman–Crippen LogP) is 3.19. The second-order valence-electron chi connectivity index (χ2n) is 6.39. The topological polar surface area (TPSA) is 109 Å². The van der Waals surface area contributed by atoms with Crippen LogP contribution in [-0.4, -0.2) is 25.9 Å². The lowest BCUT2D eigenvalue weighted by molar-refractivity contribution is 0.0942. The standard InChI is InChI=1S/C22H22N4O4S/c1-3-30-20-10-12-21(13-11-20)31(28,29)26-19-8-6-17(7-9-19)22(27)25-24-16(2)18-5-4-14-23-15-18/h4-15,24,26H,2-3H2,1H3,(H,25,27). The van der Waals surface area contributed by atoms with Gasteiger partial charge in [0, 0.05) is 29.2 Å². The molecule has 0 atom stereocenters. The van der Waals surface area contributed by atoms with Crippen molar-refractivity contribution in [1.82, 2.24) is 15.8 Å². The normalized spacial score (nSPS) is 10.7. The van der Waals surface area contributed by atoms with Crippen molar-refractivity contribution in [2.75, 3.05) is 11.3 Å². The lowest BCUT2D eigenvalue weighted by Crippen LogP contribution is -2.35. The molecule has 1 amide bonds. The number of hydrazine groups is 1. The van der Waals surface area contributed by atoms with Gasteiger partial charge in [-0.1, -0.05) is 6.58 Å². The molecule has 1 aromatic heterocycles. The molecule has 0 saturated carbocycles. The van der Waals surface area contributed by atoms with Crippen LogP contribution >= 0.6 is 0 Å². The van der Waals surface area contributed by atoms with E-state index in [1.807, 2.05) is 6.92 Å². The number of pyridine rings is 1. The van der Waals surface area contributed by atoms with E-state index in [0.29, 0.717) is 29.3 Å². The van der Waals surface area contributed by atoms with E-state index in [1.54, 1.807) is 36.7 Å². The quantitative estimate of drug-likeness (QED) is 0.443. The van der Waals surface area contributed by atoms with Crippen LogP contribution in [0.25, 0.3) is 5.70 Å². The van der Waals surface area contributed by atoms with Crippen molar-refractivity contribution in [1.29, 1.82) is 0 Å². The van der Waals surface area contributed by atoms with Gasteiger partial charge in [-0.2, -0.15) is 0 Å². The fraction of sp³-hybridized carbons (Fsp3) is 0.0909. The Morgan fingerprint density at radius 3 is 2.32 bits per heavy atom. The first-order chi connectivity index (χ1) is 14.9. The van der Waals surface area contributed by atoms with Crippen molar-refractivity contribution in [2.45, 2.75) is 11.8 Å². The summed E-state index contributed by atoms with van der Waals surface area (Å²) < 4.78 is 32.9. The fourth-order valence-electron chi connectivity index (χ4n) is 2.60. The molecule has 0 bridgehead atoms. The minimum atomic E-state index is -3.77. The van der Waals surface area contributed by atoms with Crippen LogP contribution in [0.4, 0.5) is 5.69 Å². The van der Waals surface area contributed by atoms with Gasteiger partial charge in [-0.25, -0.2) is 8.42 Å².